The summed E-state index contributed by atoms with van der Waals surface area (Å²) in [5.74, 6) is 2.47. The van der Waals surface area contributed by atoms with Gasteiger partial charge in [-0.2, -0.15) is 0 Å². The first kappa shape index (κ1) is 19.3. The van der Waals surface area contributed by atoms with Crippen molar-refractivity contribution in [3.8, 4) is 5.75 Å². The van der Waals surface area contributed by atoms with Crippen molar-refractivity contribution in [3.63, 3.8) is 0 Å². The summed E-state index contributed by atoms with van der Waals surface area (Å²) >= 11 is 0. The second-order valence-corrected chi connectivity index (χ2v) is 8.33. The van der Waals surface area contributed by atoms with Crippen LogP contribution in [0.2, 0.25) is 0 Å². The van der Waals surface area contributed by atoms with Gasteiger partial charge in [0.15, 0.2) is 0 Å². The summed E-state index contributed by atoms with van der Waals surface area (Å²) in [5.41, 5.74) is 1.28. The molecule has 0 amide bonds. The largest absolute Gasteiger partial charge is 0.496 e. The smallest absolute Gasteiger partial charge is 0.128 e. The van der Waals surface area contributed by atoms with Crippen LogP contribution in [0.25, 0.3) is 0 Å². The zero-order valence-electron chi connectivity index (χ0n) is 17.0. The first-order valence-corrected chi connectivity index (χ1v) is 10.5. The molecule has 1 aromatic heterocycles. The van der Waals surface area contributed by atoms with E-state index in [0.29, 0.717) is 5.92 Å². The van der Waals surface area contributed by atoms with Gasteiger partial charge in [0.25, 0.3) is 0 Å². The molecule has 0 unspecified atom stereocenters. The van der Waals surface area contributed by atoms with E-state index < -0.39 is 5.60 Å². The van der Waals surface area contributed by atoms with Gasteiger partial charge < -0.3 is 9.84 Å². The molecule has 1 aromatic carbocycles. The number of fused-ring (bicyclic) bond motifs is 1. The van der Waals surface area contributed by atoms with Gasteiger partial charge in [-0.1, -0.05) is 25.1 Å². The minimum atomic E-state index is -0.814. The molecule has 1 saturated carbocycles. The molecular weight excluding hydrogens is 350 g/mol. The van der Waals surface area contributed by atoms with Crippen LogP contribution in [0.1, 0.15) is 49.6 Å². The molecule has 5 nitrogen and oxygen atoms in total. The quantitative estimate of drug-likeness (QED) is 0.829. The molecule has 0 bridgehead atoms. The van der Waals surface area contributed by atoms with Crippen LogP contribution >= 0.6 is 0 Å². The molecule has 0 spiro atoms. The molecular formula is C23H31N3O2. The standard InChI is InChI=1S/C23H31N3O2/c1-3-7-22-24-12-17(13-25-22)14-26-15-18-8-6-11-23(27,20(18)16-26)19-9-4-5-10-21(19)28-2/h4-5,9-10,12-13,18,20,27H,3,6-8,11,14-16H2,1-2H3/t18-,20-,23+/m1/s1. The molecule has 1 N–H and O–H groups in total. The summed E-state index contributed by atoms with van der Waals surface area (Å²) in [7, 11) is 1.69. The number of aliphatic hydroxyl groups is 1. The Labute approximate surface area is 167 Å². The van der Waals surface area contributed by atoms with Crippen molar-refractivity contribution in [2.75, 3.05) is 20.2 Å². The van der Waals surface area contributed by atoms with E-state index in [0.717, 1.165) is 68.0 Å². The summed E-state index contributed by atoms with van der Waals surface area (Å²) in [6.07, 6.45) is 8.97. The van der Waals surface area contributed by atoms with E-state index in [9.17, 15) is 5.11 Å². The Hall–Kier alpha value is -1.98. The van der Waals surface area contributed by atoms with Gasteiger partial charge in [0.2, 0.25) is 0 Å². The average molecular weight is 382 g/mol. The van der Waals surface area contributed by atoms with Gasteiger partial charge in [-0.3, -0.25) is 4.90 Å². The third-order valence-corrected chi connectivity index (χ3v) is 6.47. The maximum Gasteiger partial charge on any atom is 0.128 e. The molecule has 1 aliphatic carbocycles. The van der Waals surface area contributed by atoms with Crippen LogP contribution in [0.5, 0.6) is 5.75 Å². The number of rotatable bonds is 6. The van der Waals surface area contributed by atoms with E-state index >= 15 is 0 Å². The van der Waals surface area contributed by atoms with Gasteiger partial charge in [-0.05, 0) is 37.7 Å². The Morgan fingerprint density at radius 1 is 1.21 bits per heavy atom. The van der Waals surface area contributed by atoms with Crippen LogP contribution in [0.3, 0.4) is 0 Å². The number of hydrogen-bond acceptors (Lipinski definition) is 5. The minimum Gasteiger partial charge on any atom is -0.496 e. The molecule has 4 rings (SSSR count). The highest BCUT2D eigenvalue weighted by Crippen LogP contribution is 2.50. The minimum absolute atomic E-state index is 0.234. The molecule has 5 heteroatoms. The lowest BCUT2D eigenvalue weighted by atomic mass is 9.67. The number of ether oxygens (including phenoxy) is 1. The lowest BCUT2D eigenvalue weighted by Gasteiger charge is -2.42. The van der Waals surface area contributed by atoms with Gasteiger partial charge in [0.1, 0.15) is 11.6 Å². The Kier molecular flexibility index (Phi) is 5.65. The van der Waals surface area contributed by atoms with Crippen molar-refractivity contribution in [3.05, 3.63) is 53.6 Å². The summed E-state index contributed by atoms with van der Waals surface area (Å²) < 4.78 is 5.58. The van der Waals surface area contributed by atoms with Crippen molar-refractivity contribution >= 4 is 0 Å². The lowest BCUT2D eigenvalue weighted by Crippen LogP contribution is -2.43. The first-order valence-electron chi connectivity index (χ1n) is 10.5. The molecule has 0 radical (unpaired) electrons. The fraction of sp³-hybridized carbons (Fsp3) is 0.565. The SMILES string of the molecule is CCCc1ncc(CN2C[C@H]3CCC[C@](O)(c4ccccc4OC)[C@@H]3C2)cn1. The second kappa shape index (κ2) is 8.18. The summed E-state index contributed by atoms with van der Waals surface area (Å²) in [5, 5.41) is 11.8. The van der Waals surface area contributed by atoms with E-state index in [1.807, 2.05) is 36.7 Å². The molecule has 3 atom stereocenters. The number of para-hydroxylation sites is 1. The number of hydrogen-bond donors (Lipinski definition) is 1. The molecule has 2 aliphatic rings. The average Bonchev–Trinajstić information content (AvgIpc) is 3.14. The van der Waals surface area contributed by atoms with Crippen molar-refractivity contribution < 1.29 is 9.84 Å². The highest BCUT2D eigenvalue weighted by molar-refractivity contribution is 5.39. The van der Waals surface area contributed by atoms with Gasteiger partial charge >= 0.3 is 0 Å². The zero-order chi connectivity index (χ0) is 19.6. The molecule has 2 fully saturated rings. The highest BCUT2D eigenvalue weighted by atomic mass is 16.5. The van der Waals surface area contributed by atoms with Crippen LogP contribution in [-0.4, -0.2) is 40.2 Å². The highest BCUT2D eigenvalue weighted by Gasteiger charge is 2.50. The number of aryl methyl sites for hydroxylation is 1. The van der Waals surface area contributed by atoms with Crippen LogP contribution in [-0.2, 0) is 18.6 Å². The third-order valence-electron chi connectivity index (χ3n) is 6.47. The van der Waals surface area contributed by atoms with E-state index in [2.05, 4.69) is 21.8 Å². The van der Waals surface area contributed by atoms with Gasteiger partial charge in [-0.15, -0.1) is 0 Å². The number of likely N-dealkylation sites (tertiary alicyclic amines) is 1. The van der Waals surface area contributed by atoms with Gasteiger partial charge in [0, 0.05) is 55.5 Å². The van der Waals surface area contributed by atoms with E-state index in [1.165, 1.54) is 6.42 Å². The first-order chi connectivity index (χ1) is 13.6. The summed E-state index contributed by atoms with van der Waals surface area (Å²) in [6, 6.07) is 7.96. The van der Waals surface area contributed by atoms with Crippen LogP contribution in [0.4, 0.5) is 0 Å². The van der Waals surface area contributed by atoms with Crippen molar-refractivity contribution in [2.24, 2.45) is 11.8 Å². The number of aromatic nitrogens is 2. The van der Waals surface area contributed by atoms with Crippen LogP contribution in [0.15, 0.2) is 36.7 Å². The topological polar surface area (TPSA) is 58.5 Å². The van der Waals surface area contributed by atoms with Crippen molar-refractivity contribution in [2.45, 2.75) is 51.2 Å². The van der Waals surface area contributed by atoms with Gasteiger partial charge in [0.05, 0.1) is 12.7 Å². The second-order valence-electron chi connectivity index (χ2n) is 8.33. The molecule has 2 heterocycles. The van der Waals surface area contributed by atoms with E-state index in [4.69, 9.17) is 4.74 Å². The molecule has 1 saturated heterocycles. The van der Waals surface area contributed by atoms with Crippen molar-refractivity contribution in [1.29, 1.82) is 0 Å². The van der Waals surface area contributed by atoms with E-state index in [-0.39, 0.29) is 5.92 Å². The summed E-state index contributed by atoms with van der Waals surface area (Å²) in [4.78, 5) is 11.5. The normalized spacial score (nSPS) is 27.5. The monoisotopic (exact) mass is 381 g/mol. The molecule has 150 valence electrons. The molecule has 28 heavy (non-hydrogen) atoms. The maximum absolute atomic E-state index is 11.8. The Balaban J connectivity index is 1.51. The maximum atomic E-state index is 11.8. The van der Waals surface area contributed by atoms with Gasteiger partial charge in [-0.25, -0.2) is 9.97 Å². The summed E-state index contributed by atoms with van der Waals surface area (Å²) in [6.45, 7) is 4.92. The molecule has 1 aliphatic heterocycles. The predicted molar refractivity (Wildman–Crippen MR) is 109 cm³/mol. The Morgan fingerprint density at radius 2 is 2.00 bits per heavy atom. The number of benzene rings is 1. The molecule has 2 aromatic rings. The third kappa shape index (κ3) is 3.65. The van der Waals surface area contributed by atoms with Crippen LogP contribution in [0, 0.1) is 11.8 Å². The van der Waals surface area contributed by atoms with Crippen LogP contribution < -0.4 is 4.74 Å². The predicted octanol–water partition coefficient (Wildman–Crippen LogP) is 3.56. The fourth-order valence-electron chi connectivity index (χ4n) is 5.15. The number of nitrogens with zero attached hydrogens (tertiary/aromatic N) is 3. The Morgan fingerprint density at radius 3 is 2.75 bits per heavy atom. The Bertz CT molecular complexity index is 795. The van der Waals surface area contributed by atoms with Crippen molar-refractivity contribution in [1.82, 2.24) is 14.9 Å². The lowest BCUT2D eigenvalue weighted by molar-refractivity contribution is -0.0662. The number of methoxy groups -OCH3 is 1. The van der Waals surface area contributed by atoms with E-state index in [1.54, 1.807) is 7.11 Å². The fourth-order valence-corrected chi connectivity index (χ4v) is 5.15. The zero-order valence-corrected chi connectivity index (χ0v) is 17.0.